The van der Waals surface area contributed by atoms with E-state index in [-0.39, 0.29) is 7.43 Å². The van der Waals surface area contributed by atoms with Gasteiger partial charge in [0.25, 0.3) is 0 Å². The molecule has 0 aliphatic rings. The normalized spacial score (nSPS) is 9.63. The smallest absolute Gasteiger partial charge is 0.0103 e. The number of hydrogen-bond donors (Lipinski definition) is 0. The largest absolute Gasteiger partial charge is 0.0776 e. The molecule has 0 heterocycles. The predicted molar refractivity (Wildman–Crippen MR) is 88.9 cm³/mol. The number of hydrogen-bond acceptors (Lipinski definition) is 0. The second kappa shape index (κ2) is 6.94. The van der Waals surface area contributed by atoms with Crippen molar-refractivity contribution in [2.45, 2.75) is 34.6 Å². The molecule has 0 saturated carbocycles. The molecule has 0 aliphatic carbocycles. The molecule has 0 saturated heterocycles. The zero-order chi connectivity index (χ0) is 13.0. The topological polar surface area (TPSA) is 0 Å². The first-order valence-corrected chi connectivity index (χ1v) is 6.79. The summed E-state index contributed by atoms with van der Waals surface area (Å²) in [6, 6.07) is 19.6. The Bertz CT molecular complexity index is 650. The SMILES string of the molecule is C.CC.CCc1cc2ccccc2c2ccccc12. The molecule has 0 nitrogen and oxygen atoms in total. The Labute approximate surface area is 117 Å². The lowest BCUT2D eigenvalue weighted by molar-refractivity contribution is 1.16. The summed E-state index contributed by atoms with van der Waals surface area (Å²) in [5, 5.41) is 5.47. The fraction of sp³-hybridized carbons (Fsp3) is 0.263. The number of benzene rings is 3. The van der Waals surface area contributed by atoms with E-state index in [1.54, 1.807) is 0 Å². The van der Waals surface area contributed by atoms with E-state index in [9.17, 15) is 0 Å². The van der Waals surface area contributed by atoms with Crippen LogP contribution in [0.25, 0.3) is 21.5 Å². The zero-order valence-electron chi connectivity index (χ0n) is 11.4. The molecule has 3 aromatic carbocycles. The maximum absolute atomic E-state index is 2.32. The molecule has 0 bridgehead atoms. The van der Waals surface area contributed by atoms with Crippen LogP contribution in [-0.2, 0) is 6.42 Å². The van der Waals surface area contributed by atoms with Gasteiger partial charge in [-0.25, -0.2) is 0 Å². The Balaban J connectivity index is 0.000000576. The summed E-state index contributed by atoms with van der Waals surface area (Å²) in [5.74, 6) is 0. The summed E-state index contributed by atoms with van der Waals surface area (Å²) >= 11 is 0. The maximum Gasteiger partial charge on any atom is -0.0103 e. The first kappa shape index (κ1) is 15.2. The van der Waals surface area contributed by atoms with Crippen molar-refractivity contribution in [3.8, 4) is 0 Å². The van der Waals surface area contributed by atoms with Crippen LogP contribution in [0.5, 0.6) is 0 Å². The van der Waals surface area contributed by atoms with E-state index < -0.39 is 0 Å². The van der Waals surface area contributed by atoms with E-state index in [1.165, 1.54) is 27.1 Å². The third-order valence-corrected chi connectivity index (χ3v) is 3.23. The third kappa shape index (κ3) is 2.78. The van der Waals surface area contributed by atoms with Crippen LogP contribution in [0.4, 0.5) is 0 Å². The van der Waals surface area contributed by atoms with Crippen molar-refractivity contribution in [1.82, 2.24) is 0 Å². The first-order valence-electron chi connectivity index (χ1n) is 6.79. The standard InChI is InChI=1S/C16H14.C2H6.CH4/c1-2-12-11-13-7-3-4-9-15(13)16-10-6-5-8-14(12)16;1-2;/h3-11H,2H2,1H3;1-2H3;1H4. The lowest BCUT2D eigenvalue weighted by atomic mass is 9.96. The van der Waals surface area contributed by atoms with E-state index >= 15 is 0 Å². The van der Waals surface area contributed by atoms with Crippen LogP contribution in [0.1, 0.15) is 33.8 Å². The van der Waals surface area contributed by atoms with Crippen LogP contribution in [-0.4, -0.2) is 0 Å². The molecule has 0 heteroatoms. The Morgan fingerprint density at radius 3 is 1.89 bits per heavy atom. The van der Waals surface area contributed by atoms with Gasteiger partial charge in [0.2, 0.25) is 0 Å². The van der Waals surface area contributed by atoms with Crippen LogP contribution in [0.2, 0.25) is 0 Å². The number of fused-ring (bicyclic) bond motifs is 3. The van der Waals surface area contributed by atoms with E-state index in [1.807, 2.05) is 13.8 Å². The van der Waals surface area contributed by atoms with Gasteiger partial charge in [-0.3, -0.25) is 0 Å². The van der Waals surface area contributed by atoms with Crippen molar-refractivity contribution in [1.29, 1.82) is 0 Å². The quantitative estimate of drug-likeness (QED) is 0.451. The van der Waals surface area contributed by atoms with Crippen molar-refractivity contribution < 1.29 is 0 Å². The average molecular weight is 252 g/mol. The molecule has 0 radical (unpaired) electrons. The van der Waals surface area contributed by atoms with Gasteiger partial charge in [0.1, 0.15) is 0 Å². The van der Waals surface area contributed by atoms with Gasteiger partial charge in [-0.15, -0.1) is 0 Å². The minimum absolute atomic E-state index is 0. The van der Waals surface area contributed by atoms with Crippen LogP contribution in [0.3, 0.4) is 0 Å². The van der Waals surface area contributed by atoms with Gasteiger partial charge in [0, 0.05) is 0 Å². The molecule has 19 heavy (non-hydrogen) atoms. The molecule has 100 valence electrons. The minimum atomic E-state index is 0. The maximum atomic E-state index is 2.32. The van der Waals surface area contributed by atoms with Gasteiger partial charge < -0.3 is 0 Å². The average Bonchev–Trinajstić information content (AvgIpc) is 2.48. The van der Waals surface area contributed by atoms with E-state index in [0.717, 1.165) is 6.42 Å². The molecular formula is C19H24. The van der Waals surface area contributed by atoms with Crippen molar-refractivity contribution in [3.05, 3.63) is 60.2 Å². The number of rotatable bonds is 1. The summed E-state index contributed by atoms with van der Waals surface area (Å²) < 4.78 is 0. The van der Waals surface area contributed by atoms with Gasteiger partial charge in [-0.2, -0.15) is 0 Å². The molecule has 0 N–H and O–H groups in total. The van der Waals surface area contributed by atoms with E-state index in [4.69, 9.17) is 0 Å². The van der Waals surface area contributed by atoms with Crippen molar-refractivity contribution in [3.63, 3.8) is 0 Å². The van der Waals surface area contributed by atoms with Crippen LogP contribution in [0, 0.1) is 0 Å². The van der Waals surface area contributed by atoms with Crippen LogP contribution in [0.15, 0.2) is 54.6 Å². The number of aryl methyl sites for hydroxylation is 1. The Morgan fingerprint density at radius 2 is 1.26 bits per heavy atom. The first-order chi connectivity index (χ1) is 8.90. The fourth-order valence-corrected chi connectivity index (χ4v) is 2.42. The van der Waals surface area contributed by atoms with Crippen molar-refractivity contribution >= 4 is 21.5 Å². The Kier molecular flexibility index (Phi) is 5.57. The highest BCUT2D eigenvalue weighted by Crippen LogP contribution is 2.28. The molecule has 3 aromatic rings. The molecule has 0 unspecified atom stereocenters. The van der Waals surface area contributed by atoms with E-state index in [0.29, 0.717) is 0 Å². The second-order valence-corrected chi connectivity index (χ2v) is 4.16. The summed E-state index contributed by atoms with van der Waals surface area (Å²) in [5.41, 5.74) is 1.44. The molecule has 0 atom stereocenters. The third-order valence-electron chi connectivity index (χ3n) is 3.23. The highest BCUT2D eigenvalue weighted by atomic mass is 14.1. The minimum Gasteiger partial charge on any atom is -0.0776 e. The summed E-state index contributed by atoms with van der Waals surface area (Å²) in [7, 11) is 0. The predicted octanol–water partition coefficient (Wildman–Crippen LogP) is 6.22. The lowest BCUT2D eigenvalue weighted by Crippen LogP contribution is -1.85. The molecule has 0 fully saturated rings. The Hall–Kier alpha value is -1.82. The van der Waals surface area contributed by atoms with Crippen molar-refractivity contribution in [2.24, 2.45) is 0 Å². The molecule has 0 amide bonds. The highest BCUT2D eigenvalue weighted by molar-refractivity contribution is 6.08. The molecular weight excluding hydrogens is 228 g/mol. The fourth-order valence-electron chi connectivity index (χ4n) is 2.42. The lowest BCUT2D eigenvalue weighted by Gasteiger charge is -2.08. The second-order valence-electron chi connectivity index (χ2n) is 4.16. The van der Waals surface area contributed by atoms with Gasteiger partial charge in [-0.05, 0) is 33.5 Å². The molecule has 3 rings (SSSR count). The highest BCUT2D eigenvalue weighted by Gasteiger charge is 2.03. The van der Waals surface area contributed by atoms with Crippen molar-refractivity contribution in [2.75, 3.05) is 0 Å². The van der Waals surface area contributed by atoms with E-state index in [2.05, 4.69) is 61.5 Å². The summed E-state index contributed by atoms with van der Waals surface area (Å²) in [6.45, 7) is 6.22. The molecule has 0 aromatic heterocycles. The van der Waals surface area contributed by atoms with Crippen LogP contribution >= 0.6 is 0 Å². The van der Waals surface area contributed by atoms with Crippen LogP contribution < -0.4 is 0 Å². The zero-order valence-corrected chi connectivity index (χ0v) is 11.4. The summed E-state index contributed by atoms with van der Waals surface area (Å²) in [4.78, 5) is 0. The monoisotopic (exact) mass is 252 g/mol. The summed E-state index contributed by atoms with van der Waals surface area (Å²) in [6.07, 6.45) is 1.09. The van der Waals surface area contributed by atoms with Gasteiger partial charge in [0.05, 0.1) is 0 Å². The Morgan fingerprint density at radius 1 is 0.737 bits per heavy atom. The van der Waals surface area contributed by atoms with Gasteiger partial charge >= 0.3 is 0 Å². The molecule has 0 spiro atoms. The van der Waals surface area contributed by atoms with Gasteiger partial charge in [0.15, 0.2) is 0 Å². The molecule has 0 aliphatic heterocycles. The van der Waals surface area contributed by atoms with Gasteiger partial charge in [-0.1, -0.05) is 82.8 Å².